The van der Waals surface area contributed by atoms with E-state index in [9.17, 15) is 9.90 Å². The smallest absolute Gasteiger partial charge is 0.338 e. The molecule has 1 aromatic heterocycles. The molecular weight excluding hydrogens is 398 g/mol. The van der Waals surface area contributed by atoms with Gasteiger partial charge < -0.3 is 19.3 Å². The Bertz CT molecular complexity index is 1030. The second kappa shape index (κ2) is 10.7. The number of rotatable bonds is 11. The maximum absolute atomic E-state index is 12.4. The van der Waals surface area contributed by atoms with Crippen LogP contribution in [0.15, 0.2) is 30.3 Å². The highest BCUT2D eigenvalue weighted by Crippen LogP contribution is 2.35. The molecule has 0 aliphatic heterocycles. The lowest BCUT2D eigenvalue weighted by atomic mass is 10.1. The van der Waals surface area contributed by atoms with E-state index in [1.54, 1.807) is 24.3 Å². The third-order valence-electron chi connectivity index (χ3n) is 5.04. The summed E-state index contributed by atoms with van der Waals surface area (Å²) < 4.78 is 15.9. The SMILES string of the molecule is CCCCCCCCOC(=O)c1ccc2nn(-c3cc(OC)c(OC)cc3O)nc2c1. The van der Waals surface area contributed by atoms with Gasteiger partial charge in [0.1, 0.15) is 22.5 Å². The highest BCUT2D eigenvalue weighted by Gasteiger charge is 2.16. The van der Waals surface area contributed by atoms with E-state index in [2.05, 4.69) is 17.1 Å². The lowest BCUT2D eigenvalue weighted by Crippen LogP contribution is -2.06. The summed E-state index contributed by atoms with van der Waals surface area (Å²) in [6.45, 7) is 2.60. The molecule has 0 spiro atoms. The number of nitrogens with zero attached hydrogens (tertiary/aromatic N) is 3. The Morgan fingerprint density at radius 3 is 2.35 bits per heavy atom. The molecule has 0 amide bonds. The number of carbonyl (C=O) groups excluding carboxylic acids is 1. The third-order valence-corrected chi connectivity index (χ3v) is 5.04. The first-order valence-corrected chi connectivity index (χ1v) is 10.6. The zero-order valence-corrected chi connectivity index (χ0v) is 18.3. The van der Waals surface area contributed by atoms with Crippen molar-refractivity contribution in [3.05, 3.63) is 35.9 Å². The van der Waals surface area contributed by atoms with Gasteiger partial charge in [-0.05, 0) is 24.6 Å². The minimum absolute atomic E-state index is 0.0588. The summed E-state index contributed by atoms with van der Waals surface area (Å²) in [5.74, 6) is 0.405. The molecular formula is C23H29N3O5. The Morgan fingerprint density at radius 2 is 1.61 bits per heavy atom. The van der Waals surface area contributed by atoms with Crippen LogP contribution >= 0.6 is 0 Å². The van der Waals surface area contributed by atoms with E-state index in [-0.39, 0.29) is 11.7 Å². The second-order valence-corrected chi connectivity index (χ2v) is 7.29. The minimum atomic E-state index is -0.376. The third kappa shape index (κ3) is 5.45. The van der Waals surface area contributed by atoms with Crippen molar-refractivity contribution in [3.8, 4) is 22.9 Å². The van der Waals surface area contributed by atoms with E-state index < -0.39 is 0 Å². The van der Waals surface area contributed by atoms with Crippen LogP contribution in [-0.2, 0) is 4.74 Å². The van der Waals surface area contributed by atoms with Gasteiger partial charge in [0, 0.05) is 12.1 Å². The Labute approximate surface area is 181 Å². The number of methoxy groups -OCH3 is 2. The summed E-state index contributed by atoms with van der Waals surface area (Å²) in [5, 5.41) is 19.1. The normalized spacial score (nSPS) is 10.9. The molecule has 0 saturated heterocycles. The number of aromatic hydroxyl groups is 1. The Kier molecular flexibility index (Phi) is 7.70. The molecule has 8 heteroatoms. The molecule has 0 aliphatic carbocycles. The zero-order chi connectivity index (χ0) is 22.2. The molecule has 0 aliphatic rings. The number of benzene rings is 2. The van der Waals surface area contributed by atoms with Gasteiger partial charge >= 0.3 is 5.97 Å². The number of carbonyl (C=O) groups is 1. The van der Waals surface area contributed by atoms with E-state index in [0.717, 1.165) is 12.8 Å². The highest BCUT2D eigenvalue weighted by atomic mass is 16.5. The molecule has 31 heavy (non-hydrogen) atoms. The number of ether oxygens (including phenoxy) is 3. The largest absolute Gasteiger partial charge is 0.505 e. The summed E-state index contributed by atoms with van der Waals surface area (Å²) >= 11 is 0. The van der Waals surface area contributed by atoms with Crippen molar-refractivity contribution in [3.63, 3.8) is 0 Å². The fourth-order valence-corrected chi connectivity index (χ4v) is 3.30. The van der Waals surface area contributed by atoms with Gasteiger partial charge in [-0.15, -0.1) is 15.0 Å². The summed E-state index contributed by atoms with van der Waals surface area (Å²) in [6, 6.07) is 8.04. The van der Waals surface area contributed by atoms with E-state index >= 15 is 0 Å². The number of fused-ring (bicyclic) bond motifs is 1. The van der Waals surface area contributed by atoms with Crippen LogP contribution in [0.4, 0.5) is 0 Å². The average molecular weight is 428 g/mol. The molecule has 0 unspecified atom stereocenters. The second-order valence-electron chi connectivity index (χ2n) is 7.29. The fourth-order valence-electron chi connectivity index (χ4n) is 3.30. The quantitative estimate of drug-likeness (QED) is 0.351. The molecule has 0 atom stereocenters. The summed E-state index contributed by atoms with van der Waals surface area (Å²) in [4.78, 5) is 13.7. The molecule has 1 N–H and O–H groups in total. The fraction of sp³-hybridized carbons (Fsp3) is 0.435. The molecule has 3 rings (SSSR count). The van der Waals surface area contributed by atoms with Gasteiger partial charge in [0.2, 0.25) is 0 Å². The van der Waals surface area contributed by atoms with Crippen LogP contribution in [0.3, 0.4) is 0 Å². The molecule has 3 aromatic rings. The summed E-state index contributed by atoms with van der Waals surface area (Å²) in [7, 11) is 3.00. The molecule has 0 radical (unpaired) electrons. The predicted octanol–water partition coefficient (Wildman–Crippen LogP) is 4.66. The summed E-state index contributed by atoms with van der Waals surface area (Å²) in [6.07, 6.45) is 6.80. The minimum Gasteiger partial charge on any atom is -0.505 e. The molecule has 0 bridgehead atoms. The Morgan fingerprint density at radius 1 is 0.935 bits per heavy atom. The average Bonchev–Trinajstić information content (AvgIpc) is 3.21. The maximum Gasteiger partial charge on any atom is 0.338 e. The monoisotopic (exact) mass is 427 g/mol. The van der Waals surface area contributed by atoms with Gasteiger partial charge in [-0.2, -0.15) is 0 Å². The summed E-state index contributed by atoms with van der Waals surface area (Å²) in [5.41, 5.74) is 1.85. The number of hydrogen-bond acceptors (Lipinski definition) is 7. The number of phenols is 1. The van der Waals surface area contributed by atoms with Crippen molar-refractivity contribution in [2.45, 2.75) is 45.4 Å². The van der Waals surface area contributed by atoms with Crippen LogP contribution in [0.1, 0.15) is 55.8 Å². The van der Waals surface area contributed by atoms with Crippen LogP contribution < -0.4 is 9.47 Å². The van der Waals surface area contributed by atoms with Crippen molar-refractivity contribution in [1.82, 2.24) is 15.0 Å². The number of aromatic nitrogens is 3. The van der Waals surface area contributed by atoms with Crippen molar-refractivity contribution in [2.75, 3.05) is 20.8 Å². The Hall–Kier alpha value is -3.29. The molecule has 0 saturated carbocycles. The van der Waals surface area contributed by atoms with E-state index in [1.165, 1.54) is 50.8 Å². The van der Waals surface area contributed by atoms with E-state index in [1.807, 2.05) is 0 Å². The van der Waals surface area contributed by atoms with Gasteiger partial charge in [0.15, 0.2) is 11.5 Å². The molecule has 8 nitrogen and oxygen atoms in total. The number of unbranched alkanes of at least 4 members (excludes halogenated alkanes) is 5. The topological polar surface area (TPSA) is 95.7 Å². The van der Waals surface area contributed by atoms with Crippen LogP contribution in [0.5, 0.6) is 17.2 Å². The standard InChI is InChI=1S/C23H29N3O5/c1-4-5-6-7-8-9-12-31-23(28)16-10-11-17-18(13-16)25-26(24-17)19-14-21(29-2)22(30-3)15-20(19)27/h10-11,13-15,27H,4-9,12H2,1-3H3. The van der Waals surface area contributed by atoms with Crippen molar-refractivity contribution >= 4 is 17.0 Å². The van der Waals surface area contributed by atoms with Gasteiger partial charge in [-0.25, -0.2) is 4.79 Å². The molecule has 1 heterocycles. The first-order chi connectivity index (χ1) is 15.1. The van der Waals surface area contributed by atoms with Crippen molar-refractivity contribution in [2.24, 2.45) is 0 Å². The van der Waals surface area contributed by atoms with Crippen molar-refractivity contribution in [1.29, 1.82) is 0 Å². The van der Waals surface area contributed by atoms with Gasteiger partial charge in [0.25, 0.3) is 0 Å². The number of hydrogen-bond donors (Lipinski definition) is 1. The van der Waals surface area contributed by atoms with E-state index in [0.29, 0.717) is 40.4 Å². The first-order valence-electron chi connectivity index (χ1n) is 10.6. The van der Waals surface area contributed by atoms with Crippen LogP contribution in [0.25, 0.3) is 16.7 Å². The maximum atomic E-state index is 12.4. The Balaban J connectivity index is 1.70. The van der Waals surface area contributed by atoms with Crippen molar-refractivity contribution < 1.29 is 24.1 Å². The predicted molar refractivity (Wildman–Crippen MR) is 117 cm³/mol. The van der Waals surface area contributed by atoms with Crippen LogP contribution in [-0.4, -0.2) is 46.9 Å². The van der Waals surface area contributed by atoms with Gasteiger partial charge in [-0.1, -0.05) is 39.0 Å². The molecule has 166 valence electrons. The molecule has 0 fully saturated rings. The number of esters is 1. The van der Waals surface area contributed by atoms with Gasteiger partial charge in [0.05, 0.1) is 26.4 Å². The molecule has 2 aromatic carbocycles. The van der Waals surface area contributed by atoms with E-state index in [4.69, 9.17) is 14.2 Å². The number of phenolic OH excluding ortho intramolecular Hbond substituents is 1. The first kappa shape index (κ1) is 22.4. The van der Waals surface area contributed by atoms with Crippen LogP contribution in [0.2, 0.25) is 0 Å². The van der Waals surface area contributed by atoms with Gasteiger partial charge in [-0.3, -0.25) is 0 Å². The zero-order valence-electron chi connectivity index (χ0n) is 18.3. The van der Waals surface area contributed by atoms with Crippen LogP contribution in [0, 0.1) is 0 Å². The lowest BCUT2D eigenvalue weighted by Gasteiger charge is -2.10. The lowest BCUT2D eigenvalue weighted by molar-refractivity contribution is 0.0498. The highest BCUT2D eigenvalue weighted by molar-refractivity contribution is 5.93.